The second-order valence-electron chi connectivity index (χ2n) is 3.36. The maximum absolute atomic E-state index is 12.1. The lowest BCUT2D eigenvalue weighted by Crippen LogP contribution is -2.22. The van der Waals surface area contributed by atoms with Gasteiger partial charge in [-0.05, 0) is 24.5 Å². The van der Waals surface area contributed by atoms with E-state index in [1.807, 2.05) is 6.92 Å². The van der Waals surface area contributed by atoms with Crippen molar-refractivity contribution in [2.45, 2.75) is 32.4 Å². The van der Waals surface area contributed by atoms with Gasteiger partial charge in [-0.25, -0.2) is 0 Å². The lowest BCUT2D eigenvalue weighted by molar-refractivity contribution is -0.0504. The van der Waals surface area contributed by atoms with Crippen molar-refractivity contribution in [1.29, 1.82) is 0 Å². The van der Waals surface area contributed by atoms with Crippen molar-refractivity contribution in [1.82, 2.24) is 0 Å². The minimum atomic E-state index is -2.79. The van der Waals surface area contributed by atoms with E-state index < -0.39 is 6.61 Å². The number of hydrogen-bond donors (Lipinski definition) is 1. The molecule has 0 saturated heterocycles. The van der Waals surface area contributed by atoms with Crippen LogP contribution in [0.5, 0.6) is 5.75 Å². The lowest BCUT2D eigenvalue weighted by Gasteiger charge is -2.13. The van der Waals surface area contributed by atoms with Crippen LogP contribution >= 0.6 is 0 Å². The molecule has 15 heavy (non-hydrogen) atoms. The highest BCUT2D eigenvalue weighted by atomic mass is 19.3. The van der Waals surface area contributed by atoms with Gasteiger partial charge in [0.1, 0.15) is 5.75 Å². The second-order valence-corrected chi connectivity index (χ2v) is 3.36. The Hall–Kier alpha value is -1.16. The van der Waals surface area contributed by atoms with E-state index in [-0.39, 0.29) is 11.8 Å². The van der Waals surface area contributed by atoms with Crippen molar-refractivity contribution < 1.29 is 13.5 Å². The molecule has 0 saturated carbocycles. The van der Waals surface area contributed by atoms with Crippen molar-refractivity contribution >= 4 is 0 Å². The third kappa shape index (κ3) is 3.83. The first-order valence-electron chi connectivity index (χ1n) is 4.91. The Bertz CT molecular complexity index is 304. The standard InChI is InChI=1S/C11H15F2NO/c1-2-9(14)7-8-5-3-4-6-10(8)15-11(12)13/h3-6,9,11H,2,7,14H2,1H3. The normalized spacial score (nSPS) is 12.9. The summed E-state index contributed by atoms with van der Waals surface area (Å²) in [5, 5.41) is 0. The maximum Gasteiger partial charge on any atom is 0.387 e. The molecule has 2 nitrogen and oxygen atoms in total. The Morgan fingerprint density at radius 3 is 2.60 bits per heavy atom. The molecule has 0 aliphatic rings. The van der Waals surface area contributed by atoms with Gasteiger partial charge < -0.3 is 10.5 Å². The molecule has 1 unspecified atom stereocenters. The predicted octanol–water partition coefficient (Wildman–Crippen LogP) is 2.57. The maximum atomic E-state index is 12.1. The fourth-order valence-electron chi connectivity index (χ4n) is 1.31. The van der Waals surface area contributed by atoms with Crippen LogP contribution in [0.3, 0.4) is 0 Å². The third-order valence-corrected chi connectivity index (χ3v) is 2.20. The first-order chi connectivity index (χ1) is 7.13. The van der Waals surface area contributed by atoms with E-state index in [1.165, 1.54) is 6.07 Å². The number of halogens is 2. The van der Waals surface area contributed by atoms with Gasteiger partial charge in [0.25, 0.3) is 0 Å². The molecule has 0 amide bonds. The number of para-hydroxylation sites is 1. The van der Waals surface area contributed by atoms with Gasteiger partial charge in [0.15, 0.2) is 0 Å². The van der Waals surface area contributed by atoms with E-state index in [0.29, 0.717) is 6.42 Å². The van der Waals surface area contributed by atoms with Crippen LogP contribution in [-0.2, 0) is 6.42 Å². The number of rotatable bonds is 5. The van der Waals surface area contributed by atoms with Gasteiger partial charge in [-0.3, -0.25) is 0 Å². The minimum absolute atomic E-state index is 0.0209. The van der Waals surface area contributed by atoms with E-state index in [0.717, 1.165) is 12.0 Å². The summed E-state index contributed by atoms with van der Waals surface area (Å²) in [6.45, 7) is -0.828. The van der Waals surface area contributed by atoms with E-state index >= 15 is 0 Å². The molecular formula is C11H15F2NO. The SMILES string of the molecule is CCC(N)Cc1ccccc1OC(F)F. The first-order valence-corrected chi connectivity index (χ1v) is 4.91. The Kier molecular flexibility index (Phi) is 4.49. The minimum Gasteiger partial charge on any atom is -0.435 e. The van der Waals surface area contributed by atoms with Crippen molar-refractivity contribution in [3.8, 4) is 5.75 Å². The molecule has 0 aliphatic heterocycles. The van der Waals surface area contributed by atoms with E-state index in [4.69, 9.17) is 5.73 Å². The summed E-state index contributed by atoms with van der Waals surface area (Å²) >= 11 is 0. The molecule has 0 fully saturated rings. The fourth-order valence-corrected chi connectivity index (χ4v) is 1.31. The molecule has 0 aromatic heterocycles. The van der Waals surface area contributed by atoms with Gasteiger partial charge in [0.2, 0.25) is 0 Å². The quantitative estimate of drug-likeness (QED) is 0.819. The zero-order valence-electron chi connectivity index (χ0n) is 8.62. The van der Waals surface area contributed by atoms with Gasteiger partial charge in [-0.15, -0.1) is 0 Å². The Morgan fingerprint density at radius 2 is 2.00 bits per heavy atom. The summed E-state index contributed by atoms with van der Waals surface area (Å²) in [6.07, 6.45) is 1.36. The van der Waals surface area contributed by atoms with Crippen LogP contribution in [0.15, 0.2) is 24.3 Å². The molecular weight excluding hydrogens is 200 g/mol. The number of ether oxygens (including phenoxy) is 1. The van der Waals surface area contributed by atoms with Gasteiger partial charge >= 0.3 is 6.61 Å². The van der Waals surface area contributed by atoms with Gasteiger partial charge in [-0.2, -0.15) is 8.78 Å². The summed E-state index contributed by atoms with van der Waals surface area (Å²) in [5.41, 5.74) is 6.49. The Labute approximate surface area is 88.0 Å². The zero-order valence-corrected chi connectivity index (χ0v) is 8.62. The van der Waals surface area contributed by atoms with Crippen LogP contribution in [-0.4, -0.2) is 12.7 Å². The molecule has 1 rings (SSSR count). The van der Waals surface area contributed by atoms with Crippen molar-refractivity contribution in [3.05, 3.63) is 29.8 Å². The highest BCUT2D eigenvalue weighted by Crippen LogP contribution is 2.21. The van der Waals surface area contributed by atoms with E-state index in [9.17, 15) is 8.78 Å². The van der Waals surface area contributed by atoms with Crippen LogP contribution in [0.2, 0.25) is 0 Å². The Morgan fingerprint density at radius 1 is 1.33 bits per heavy atom. The average Bonchev–Trinajstić information content (AvgIpc) is 2.20. The van der Waals surface area contributed by atoms with Gasteiger partial charge in [-0.1, -0.05) is 25.1 Å². The average molecular weight is 215 g/mol. The van der Waals surface area contributed by atoms with Crippen LogP contribution in [0.4, 0.5) is 8.78 Å². The van der Waals surface area contributed by atoms with E-state index in [2.05, 4.69) is 4.74 Å². The van der Waals surface area contributed by atoms with Crippen molar-refractivity contribution in [2.75, 3.05) is 0 Å². The number of benzene rings is 1. The summed E-state index contributed by atoms with van der Waals surface area (Å²) in [4.78, 5) is 0. The summed E-state index contributed by atoms with van der Waals surface area (Å²) in [5.74, 6) is 0.219. The van der Waals surface area contributed by atoms with Crippen LogP contribution in [0, 0.1) is 0 Å². The van der Waals surface area contributed by atoms with Crippen LogP contribution in [0.25, 0.3) is 0 Å². The van der Waals surface area contributed by atoms with Gasteiger partial charge in [0.05, 0.1) is 0 Å². The summed E-state index contributed by atoms with van der Waals surface area (Å²) < 4.78 is 28.5. The predicted molar refractivity (Wildman–Crippen MR) is 55.0 cm³/mol. The number of nitrogens with two attached hydrogens (primary N) is 1. The van der Waals surface area contributed by atoms with E-state index in [1.54, 1.807) is 18.2 Å². The topological polar surface area (TPSA) is 35.2 Å². The van der Waals surface area contributed by atoms with Gasteiger partial charge in [0, 0.05) is 6.04 Å². The molecule has 84 valence electrons. The molecule has 0 spiro atoms. The lowest BCUT2D eigenvalue weighted by atomic mass is 10.0. The third-order valence-electron chi connectivity index (χ3n) is 2.20. The van der Waals surface area contributed by atoms with Crippen molar-refractivity contribution in [3.63, 3.8) is 0 Å². The molecule has 2 N–H and O–H groups in total. The monoisotopic (exact) mass is 215 g/mol. The molecule has 1 aromatic carbocycles. The fraction of sp³-hybridized carbons (Fsp3) is 0.455. The Balaban J connectivity index is 2.76. The summed E-state index contributed by atoms with van der Waals surface area (Å²) in [6, 6.07) is 6.72. The second kappa shape index (κ2) is 5.66. The number of hydrogen-bond acceptors (Lipinski definition) is 2. The van der Waals surface area contributed by atoms with Crippen LogP contribution < -0.4 is 10.5 Å². The highest BCUT2D eigenvalue weighted by Gasteiger charge is 2.10. The van der Waals surface area contributed by atoms with Crippen LogP contribution in [0.1, 0.15) is 18.9 Å². The van der Waals surface area contributed by atoms with Crippen molar-refractivity contribution in [2.24, 2.45) is 5.73 Å². The first kappa shape index (κ1) is 11.9. The largest absolute Gasteiger partial charge is 0.435 e. The molecule has 1 aromatic rings. The number of alkyl halides is 2. The molecule has 0 bridgehead atoms. The smallest absolute Gasteiger partial charge is 0.387 e. The summed E-state index contributed by atoms with van der Waals surface area (Å²) in [7, 11) is 0. The highest BCUT2D eigenvalue weighted by molar-refractivity contribution is 5.33. The molecule has 0 heterocycles. The zero-order chi connectivity index (χ0) is 11.3. The molecule has 1 atom stereocenters. The molecule has 4 heteroatoms. The molecule has 0 radical (unpaired) electrons. The molecule has 0 aliphatic carbocycles.